The van der Waals surface area contributed by atoms with Gasteiger partial charge in [0.1, 0.15) is 0 Å². The highest BCUT2D eigenvalue weighted by Crippen LogP contribution is 2.12. The largest absolute Gasteiger partial charge is 0.350 e. The normalized spacial score (nSPS) is 11.3. The van der Waals surface area contributed by atoms with E-state index >= 15 is 0 Å². The van der Waals surface area contributed by atoms with E-state index in [0.29, 0.717) is 18.7 Å². The molecule has 1 heterocycles. The Hall–Kier alpha value is -2.97. The van der Waals surface area contributed by atoms with E-state index in [1.807, 2.05) is 37.3 Å². The molecule has 3 N–H and O–H groups in total. The van der Waals surface area contributed by atoms with Crippen LogP contribution in [0.15, 0.2) is 65.6 Å². The summed E-state index contributed by atoms with van der Waals surface area (Å²) in [6.45, 7) is 2.30. The molecule has 27 heavy (non-hydrogen) atoms. The molecule has 0 aliphatic heterocycles. The number of carbonyl (C=O) groups excluding carboxylic acids is 1. The first kappa shape index (κ1) is 18.8. The summed E-state index contributed by atoms with van der Waals surface area (Å²) >= 11 is 0. The Labute approximate surface area is 157 Å². The van der Waals surface area contributed by atoms with Crippen molar-refractivity contribution in [2.45, 2.75) is 18.2 Å². The molecule has 0 radical (unpaired) electrons. The Balaban J connectivity index is 1.60. The molecule has 2 aromatic carbocycles. The van der Waals surface area contributed by atoms with Crippen LogP contribution in [0.25, 0.3) is 5.69 Å². The van der Waals surface area contributed by atoms with Gasteiger partial charge in [-0.15, -0.1) is 0 Å². The molecule has 8 heteroatoms. The van der Waals surface area contributed by atoms with Crippen molar-refractivity contribution < 1.29 is 13.2 Å². The molecule has 0 unspecified atom stereocenters. The molecule has 0 aliphatic rings. The molecule has 0 spiro atoms. The number of aryl methyl sites for hydroxylation is 1. The lowest BCUT2D eigenvalue weighted by molar-refractivity contribution is 0.0948. The van der Waals surface area contributed by atoms with Crippen molar-refractivity contribution in [2.24, 2.45) is 5.14 Å². The second-order valence-corrected chi connectivity index (χ2v) is 7.67. The van der Waals surface area contributed by atoms with E-state index in [1.54, 1.807) is 22.9 Å². The Morgan fingerprint density at radius 3 is 2.41 bits per heavy atom. The van der Waals surface area contributed by atoms with Gasteiger partial charge in [-0.3, -0.25) is 4.79 Å². The number of nitrogens with zero attached hydrogens (tertiary/aromatic N) is 2. The fourth-order valence-corrected chi connectivity index (χ4v) is 3.19. The minimum Gasteiger partial charge on any atom is -0.350 e. The van der Waals surface area contributed by atoms with Crippen molar-refractivity contribution in [3.05, 3.63) is 77.6 Å². The molecule has 1 aromatic heterocycles. The Morgan fingerprint density at radius 1 is 1.11 bits per heavy atom. The third-order valence-electron chi connectivity index (χ3n) is 4.07. The lowest BCUT2D eigenvalue weighted by atomic mass is 10.1. The summed E-state index contributed by atoms with van der Waals surface area (Å²) in [6, 6.07) is 17.6. The van der Waals surface area contributed by atoms with Crippen molar-refractivity contribution >= 4 is 15.9 Å². The maximum Gasteiger partial charge on any atom is 0.271 e. The summed E-state index contributed by atoms with van der Waals surface area (Å²) in [5.41, 5.74) is 3.00. The average Bonchev–Trinajstić information content (AvgIpc) is 3.04. The number of nitrogens with two attached hydrogens (primary N) is 1. The standard InChI is InChI=1S/C19H20N4O3S/c1-14-13-18(22-23(14)16-5-3-2-4-6-16)19(24)21-12-11-15-7-9-17(10-8-15)27(20,25)26/h2-10,13H,11-12H2,1H3,(H,21,24)(H2,20,25,26). The topological polar surface area (TPSA) is 107 Å². The Kier molecular flexibility index (Phi) is 5.38. The molecule has 0 fully saturated rings. The number of amides is 1. The first-order chi connectivity index (χ1) is 12.8. The highest BCUT2D eigenvalue weighted by Gasteiger charge is 2.13. The third-order valence-corrected chi connectivity index (χ3v) is 5.00. The van der Waals surface area contributed by atoms with Crippen LogP contribution >= 0.6 is 0 Å². The lowest BCUT2D eigenvalue weighted by Gasteiger charge is -2.05. The second kappa shape index (κ2) is 7.73. The van der Waals surface area contributed by atoms with Gasteiger partial charge in [-0.25, -0.2) is 18.2 Å². The number of hydrogen-bond acceptors (Lipinski definition) is 4. The summed E-state index contributed by atoms with van der Waals surface area (Å²) in [6.07, 6.45) is 0.564. The van der Waals surface area contributed by atoms with Crippen LogP contribution < -0.4 is 10.5 Å². The first-order valence-corrected chi connectivity index (χ1v) is 9.91. The number of aromatic nitrogens is 2. The zero-order valence-corrected chi connectivity index (χ0v) is 15.6. The van der Waals surface area contributed by atoms with E-state index in [4.69, 9.17) is 5.14 Å². The molecular weight excluding hydrogens is 364 g/mol. The molecular formula is C19H20N4O3S. The van der Waals surface area contributed by atoms with E-state index in [2.05, 4.69) is 10.4 Å². The van der Waals surface area contributed by atoms with Gasteiger partial charge in [-0.1, -0.05) is 30.3 Å². The van der Waals surface area contributed by atoms with Gasteiger partial charge in [0.2, 0.25) is 10.0 Å². The van der Waals surface area contributed by atoms with Crippen LogP contribution in [0.5, 0.6) is 0 Å². The fraction of sp³-hybridized carbons (Fsp3) is 0.158. The van der Waals surface area contributed by atoms with Crippen LogP contribution in [0, 0.1) is 6.92 Å². The number of primary sulfonamides is 1. The number of carbonyl (C=O) groups is 1. The monoisotopic (exact) mass is 384 g/mol. The first-order valence-electron chi connectivity index (χ1n) is 8.36. The molecule has 7 nitrogen and oxygen atoms in total. The predicted octanol–water partition coefficient (Wildman–Crippen LogP) is 1.80. The van der Waals surface area contributed by atoms with Gasteiger partial charge in [0, 0.05) is 12.2 Å². The van der Waals surface area contributed by atoms with Crippen LogP contribution in [0.2, 0.25) is 0 Å². The Morgan fingerprint density at radius 2 is 1.78 bits per heavy atom. The lowest BCUT2D eigenvalue weighted by Crippen LogP contribution is -2.26. The predicted molar refractivity (Wildman–Crippen MR) is 102 cm³/mol. The molecule has 0 aliphatic carbocycles. The summed E-state index contributed by atoms with van der Waals surface area (Å²) in [7, 11) is -3.69. The number of nitrogens with one attached hydrogen (secondary N) is 1. The molecule has 0 atom stereocenters. The smallest absolute Gasteiger partial charge is 0.271 e. The van der Waals surface area contributed by atoms with E-state index in [9.17, 15) is 13.2 Å². The maximum atomic E-state index is 12.3. The van der Waals surface area contributed by atoms with Crippen molar-refractivity contribution in [2.75, 3.05) is 6.54 Å². The van der Waals surface area contributed by atoms with Gasteiger partial charge in [0.15, 0.2) is 5.69 Å². The average molecular weight is 384 g/mol. The summed E-state index contributed by atoms with van der Waals surface area (Å²) in [5.74, 6) is -0.256. The van der Waals surface area contributed by atoms with E-state index < -0.39 is 10.0 Å². The third kappa shape index (κ3) is 4.60. The van der Waals surface area contributed by atoms with Crippen molar-refractivity contribution in [3.63, 3.8) is 0 Å². The van der Waals surface area contributed by atoms with Crippen LogP contribution in [-0.4, -0.2) is 30.7 Å². The van der Waals surface area contributed by atoms with Gasteiger partial charge in [0.25, 0.3) is 5.91 Å². The van der Waals surface area contributed by atoms with Crippen molar-refractivity contribution in [3.8, 4) is 5.69 Å². The number of benzene rings is 2. The van der Waals surface area contributed by atoms with Gasteiger partial charge in [-0.2, -0.15) is 5.10 Å². The molecule has 1 amide bonds. The van der Waals surface area contributed by atoms with E-state index in [0.717, 1.165) is 16.9 Å². The molecule has 3 rings (SSSR count). The Bertz CT molecular complexity index is 1040. The molecule has 3 aromatic rings. The zero-order chi connectivity index (χ0) is 19.4. The minimum absolute atomic E-state index is 0.0669. The van der Waals surface area contributed by atoms with E-state index in [-0.39, 0.29) is 10.8 Å². The number of para-hydroxylation sites is 1. The van der Waals surface area contributed by atoms with Crippen molar-refractivity contribution in [1.29, 1.82) is 0 Å². The SMILES string of the molecule is Cc1cc(C(=O)NCCc2ccc(S(N)(=O)=O)cc2)nn1-c1ccccc1. The molecule has 0 saturated heterocycles. The van der Waals surface area contributed by atoms with Gasteiger partial charge >= 0.3 is 0 Å². The maximum absolute atomic E-state index is 12.3. The van der Waals surface area contributed by atoms with E-state index in [1.165, 1.54) is 12.1 Å². The van der Waals surface area contributed by atoms with Gasteiger partial charge in [-0.05, 0) is 49.2 Å². The van der Waals surface area contributed by atoms with Crippen LogP contribution in [0.1, 0.15) is 21.7 Å². The van der Waals surface area contributed by atoms with Crippen LogP contribution in [0.4, 0.5) is 0 Å². The molecule has 0 bridgehead atoms. The highest BCUT2D eigenvalue weighted by molar-refractivity contribution is 7.89. The van der Waals surface area contributed by atoms with Crippen LogP contribution in [0.3, 0.4) is 0 Å². The summed E-state index contributed by atoms with van der Waals surface area (Å²) in [4.78, 5) is 12.4. The minimum atomic E-state index is -3.69. The number of sulfonamides is 1. The number of hydrogen-bond donors (Lipinski definition) is 2. The van der Waals surface area contributed by atoms with Gasteiger partial charge < -0.3 is 5.32 Å². The van der Waals surface area contributed by atoms with Crippen molar-refractivity contribution in [1.82, 2.24) is 15.1 Å². The quantitative estimate of drug-likeness (QED) is 0.676. The summed E-state index contributed by atoms with van der Waals surface area (Å²) in [5, 5.41) is 12.3. The van der Waals surface area contributed by atoms with Gasteiger partial charge in [0.05, 0.1) is 10.6 Å². The highest BCUT2D eigenvalue weighted by atomic mass is 32.2. The zero-order valence-electron chi connectivity index (χ0n) is 14.8. The number of rotatable bonds is 6. The second-order valence-electron chi connectivity index (χ2n) is 6.11. The fourth-order valence-electron chi connectivity index (χ4n) is 2.67. The molecule has 0 saturated carbocycles. The summed E-state index contributed by atoms with van der Waals surface area (Å²) < 4.78 is 24.2. The van der Waals surface area contributed by atoms with Crippen LogP contribution in [-0.2, 0) is 16.4 Å². The molecule has 140 valence electrons.